The third-order valence-corrected chi connectivity index (χ3v) is 3.15. The Morgan fingerprint density at radius 3 is 2.39 bits per heavy atom. The summed E-state index contributed by atoms with van der Waals surface area (Å²) in [7, 11) is 0. The molecule has 0 saturated carbocycles. The topological polar surface area (TPSA) is 79.3 Å². The van der Waals surface area contributed by atoms with E-state index in [-0.39, 0.29) is 22.5 Å². The minimum absolute atomic E-state index is 0.207. The lowest BCUT2D eigenvalue weighted by Gasteiger charge is -2.14. The first-order valence-corrected chi connectivity index (χ1v) is 6.38. The van der Waals surface area contributed by atoms with E-state index >= 15 is 0 Å². The molecule has 0 bridgehead atoms. The van der Waals surface area contributed by atoms with Crippen LogP contribution in [0.25, 0.3) is 0 Å². The molecule has 1 heterocycles. The number of halogens is 3. The van der Waals surface area contributed by atoms with Gasteiger partial charge in [-0.3, -0.25) is 4.79 Å². The molecule has 8 heteroatoms. The van der Waals surface area contributed by atoms with Crippen molar-refractivity contribution in [3.63, 3.8) is 0 Å². The zero-order valence-electron chi connectivity index (χ0n) is 11.8. The molecule has 5 nitrogen and oxygen atoms in total. The van der Waals surface area contributed by atoms with Crippen LogP contribution in [0.2, 0.25) is 0 Å². The van der Waals surface area contributed by atoms with Gasteiger partial charge in [-0.05, 0) is 36.8 Å². The smallest absolute Gasteiger partial charge is 0.416 e. The summed E-state index contributed by atoms with van der Waals surface area (Å²) >= 11 is 0. The van der Waals surface area contributed by atoms with Crippen molar-refractivity contribution in [3.8, 4) is 0 Å². The van der Waals surface area contributed by atoms with Gasteiger partial charge in [-0.25, -0.2) is 9.78 Å². The molecule has 23 heavy (non-hydrogen) atoms. The Bertz CT molecular complexity index is 773. The van der Waals surface area contributed by atoms with Gasteiger partial charge in [0.1, 0.15) is 11.4 Å². The number of anilines is 1. The molecule has 2 aromatic rings. The van der Waals surface area contributed by atoms with Crippen molar-refractivity contribution < 1.29 is 27.9 Å². The molecule has 0 aliphatic heterocycles. The zero-order chi connectivity index (χ0) is 17.2. The predicted octanol–water partition coefficient (Wildman–Crippen LogP) is 3.36. The maximum absolute atomic E-state index is 12.9. The lowest BCUT2D eigenvalue weighted by atomic mass is 10.0. The fraction of sp³-hybridized carbons (Fsp3) is 0.133. The number of carboxylic acid groups (broad SMARTS) is 1. The fourth-order valence-corrected chi connectivity index (χ4v) is 2.04. The van der Waals surface area contributed by atoms with E-state index in [9.17, 15) is 22.8 Å². The van der Waals surface area contributed by atoms with Gasteiger partial charge in [-0.1, -0.05) is 6.07 Å². The van der Waals surface area contributed by atoms with Crippen LogP contribution in [-0.2, 0) is 6.18 Å². The number of carbonyl (C=O) groups excluding carboxylic acids is 1. The van der Waals surface area contributed by atoms with Gasteiger partial charge in [-0.15, -0.1) is 0 Å². The van der Waals surface area contributed by atoms with Crippen LogP contribution < -0.4 is 5.32 Å². The summed E-state index contributed by atoms with van der Waals surface area (Å²) in [6.45, 7) is 1.17. The van der Waals surface area contributed by atoms with Gasteiger partial charge in [0.15, 0.2) is 0 Å². The van der Waals surface area contributed by atoms with Crippen molar-refractivity contribution in [3.05, 3.63) is 58.8 Å². The number of amides is 1. The lowest BCUT2D eigenvalue weighted by Crippen LogP contribution is -2.19. The SMILES string of the molecule is Cc1c(C(=O)Nc2ncccc2C(=O)O)cccc1C(F)(F)F. The maximum atomic E-state index is 12.9. The third kappa shape index (κ3) is 3.47. The van der Waals surface area contributed by atoms with Crippen molar-refractivity contribution >= 4 is 17.7 Å². The number of nitrogens with one attached hydrogen (secondary N) is 1. The summed E-state index contributed by atoms with van der Waals surface area (Å²) in [5.41, 5.74) is -1.64. The van der Waals surface area contributed by atoms with Gasteiger partial charge in [0, 0.05) is 11.8 Å². The first-order chi connectivity index (χ1) is 10.7. The highest BCUT2D eigenvalue weighted by atomic mass is 19.4. The molecule has 1 aromatic carbocycles. The molecule has 0 radical (unpaired) electrons. The van der Waals surface area contributed by atoms with E-state index in [2.05, 4.69) is 10.3 Å². The zero-order valence-corrected chi connectivity index (χ0v) is 11.8. The van der Waals surface area contributed by atoms with Crippen LogP contribution >= 0.6 is 0 Å². The van der Waals surface area contributed by atoms with Crippen LogP contribution in [-0.4, -0.2) is 22.0 Å². The van der Waals surface area contributed by atoms with Crippen molar-refractivity contribution in [1.29, 1.82) is 0 Å². The van der Waals surface area contributed by atoms with Gasteiger partial charge in [0.05, 0.1) is 5.56 Å². The number of carbonyl (C=O) groups is 2. The maximum Gasteiger partial charge on any atom is 0.416 e. The molecule has 2 N–H and O–H groups in total. The predicted molar refractivity (Wildman–Crippen MR) is 75.3 cm³/mol. The van der Waals surface area contributed by atoms with Crippen LogP contribution in [0.15, 0.2) is 36.5 Å². The van der Waals surface area contributed by atoms with Crippen LogP contribution in [0, 0.1) is 6.92 Å². The van der Waals surface area contributed by atoms with Crippen LogP contribution in [0.1, 0.15) is 31.8 Å². The largest absolute Gasteiger partial charge is 0.478 e. The number of aromatic nitrogens is 1. The van der Waals surface area contributed by atoms with E-state index in [1.54, 1.807) is 0 Å². The third-order valence-electron chi connectivity index (χ3n) is 3.15. The second-order valence-corrected chi connectivity index (χ2v) is 4.63. The monoisotopic (exact) mass is 324 g/mol. The van der Waals surface area contributed by atoms with E-state index < -0.39 is 23.6 Å². The summed E-state index contributed by atoms with van der Waals surface area (Å²) in [6.07, 6.45) is -3.32. The van der Waals surface area contributed by atoms with Gasteiger partial charge in [-0.2, -0.15) is 13.2 Å². The molecule has 1 amide bonds. The molecule has 120 valence electrons. The van der Waals surface area contributed by atoms with Crippen LogP contribution in [0.5, 0.6) is 0 Å². The first-order valence-electron chi connectivity index (χ1n) is 6.38. The minimum Gasteiger partial charge on any atom is -0.478 e. The number of hydrogen-bond donors (Lipinski definition) is 2. The molecule has 0 unspecified atom stereocenters. The number of hydrogen-bond acceptors (Lipinski definition) is 3. The Balaban J connectivity index is 2.38. The van der Waals surface area contributed by atoms with Crippen molar-refractivity contribution in [2.24, 2.45) is 0 Å². The second kappa shape index (κ2) is 6.07. The molecule has 2 rings (SSSR count). The summed E-state index contributed by atoms with van der Waals surface area (Å²) < 4.78 is 38.6. The molecule has 0 aliphatic rings. The van der Waals surface area contributed by atoms with Gasteiger partial charge in [0.2, 0.25) is 0 Å². The summed E-state index contributed by atoms with van der Waals surface area (Å²) in [6, 6.07) is 5.80. The molecule has 0 spiro atoms. The van der Waals surface area contributed by atoms with E-state index in [4.69, 9.17) is 5.11 Å². The highest BCUT2D eigenvalue weighted by Crippen LogP contribution is 2.33. The van der Waals surface area contributed by atoms with E-state index in [0.717, 1.165) is 12.1 Å². The second-order valence-electron chi connectivity index (χ2n) is 4.63. The van der Waals surface area contributed by atoms with E-state index in [0.29, 0.717) is 0 Å². The molecule has 0 saturated heterocycles. The molecular formula is C15H11F3N2O3. The van der Waals surface area contributed by atoms with Crippen LogP contribution in [0.3, 0.4) is 0 Å². The van der Waals surface area contributed by atoms with Gasteiger partial charge in [0.25, 0.3) is 5.91 Å². The van der Waals surface area contributed by atoms with Gasteiger partial charge >= 0.3 is 12.1 Å². The average molecular weight is 324 g/mol. The molecule has 0 fully saturated rings. The molecule has 0 atom stereocenters. The van der Waals surface area contributed by atoms with Crippen molar-refractivity contribution in [2.75, 3.05) is 5.32 Å². The van der Waals surface area contributed by atoms with E-state index in [1.807, 2.05) is 0 Å². The number of pyridine rings is 1. The lowest BCUT2D eigenvalue weighted by molar-refractivity contribution is -0.138. The minimum atomic E-state index is -4.59. The number of carboxylic acids is 1. The van der Waals surface area contributed by atoms with Crippen molar-refractivity contribution in [2.45, 2.75) is 13.1 Å². The fourth-order valence-electron chi connectivity index (χ4n) is 2.04. The van der Waals surface area contributed by atoms with Gasteiger partial charge < -0.3 is 10.4 Å². The quantitative estimate of drug-likeness (QED) is 0.907. The Hall–Kier alpha value is -2.90. The van der Waals surface area contributed by atoms with Crippen LogP contribution in [0.4, 0.5) is 19.0 Å². The molecular weight excluding hydrogens is 313 g/mol. The Kier molecular flexibility index (Phi) is 4.35. The number of benzene rings is 1. The number of rotatable bonds is 3. The standard InChI is InChI=1S/C15H11F3N2O3/c1-8-9(4-2-6-11(8)15(16,17)18)13(21)20-12-10(14(22)23)5-3-7-19-12/h2-7H,1H3,(H,22,23)(H,19,20,21). The first kappa shape index (κ1) is 16.5. The molecule has 1 aromatic heterocycles. The number of alkyl halides is 3. The summed E-state index contributed by atoms with van der Waals surface area (Å²) in [5, 5.41) is 11.2. The Morgan fingerprint density at radius 1 is 1.13 bits per heavy atom. The number of nitrogens with zero attached hydrogens (tertiary/aromatic N) is 1. The summed E-state index contributed by atoms with van der Waals surface area (Å²) in [5.74, 6) is -2.41. The number of aromatic carboxylic acids is 1. The van der Waals surface area contributed by atoms with Crippen molar-refractivity contribution in [1.82, 2.24) is 4.98 Å². The highest BCUT2D eigenvalue weighted by molar-refractivity contribution is 6.07. The normalized spacial score (nSPS) is 11.1. The Labute approximate surface area is 128 Å². The average Bonchev–Trinajstić information content (AvgIpc) is 2.46. The highest BCUT2D eigenvalue weighted by Gasteiger charge is 2.33. The van der Waals surface area contributed by atoms with E-state index in [1.165, 1.54) is 31.3 Å². The molecule has 0 aliphatic carbocycles. The summed E-state index contributed by atoms with van der Waals surface area (Å²) in [4.78, 5) is 27.0. The Morgan fingerprint density at radius 2 is 1.78 bits per heavy atom.